The van der Waals surface area contributed by atoms with Crippen LogP contribution in [-0.4, -0.2) is 114 Å². The molecule has 2 rings (SSSR count). The van der Waals surface area contributed by atoms with Crippen LogP contribution in [0.3, 0.4) is 0 Å². The number of hydrogen-bond donors (Lipinski definition) is 8. The summed E-state index contributed by atoms with van der Waals surface area (Å²) in [6.07, 6.45) is 1.59. The van der Waals surface area contributed by atoms with E-state index in [2.05, 4.69) is 26.6 Å². The fraction of sp³-hybridized carbons (Fsp3) is 0.600. The predicted octanol–water partition coefficient (Wildman–Crippen LogP) is -2.09. The number of aldehydes is 1. The molecule has 0 spiro atoms. The van der Waals surface area contributed by atoms with E-state index in [4.69, 9.17) is 11.5 Å². The molecule has 1 aliphatic rings. The van der Waals surface area contributed by atoms with Crippen molar-refractivity contribution in [1.29, 1.82) is 0 Å². The molecule has 52 heavy (non-hydrogen) atoms. The van der Waals surface area contributed by atoms with E-state index >= 15 is 0 Å². The Balaban J connectivity index is 2.30. The topological polar surface area (TPSA) is 272 Å². The molecule has 17 heteroatoms. The van der Waals surface area contributed by atoms with Gasteiger partial charge >= 0.3 is 0 Å². The minimum Gasteiger partial charge on any atom is -0.394 e. The van der Waals surface area contributed by atoms with Crippen LogP contribution in [0.2, 0.25) is 0 Å². The normalized spacial score (nSPS) is 17.1. The number of nitrogens with zero attached hydrogens (tertiary/aromatic N) is 1. The third-order valence-corrected chi connectivity index (χ3v) is 8.63. The molecule has 1 aromatic rings. The van der Waals surface area contributed by atoms with Crippen LogP contribution >= 0.6 is 0 Å². The average molecular weight is 731 g/mol. The van der Waals surface area contributed by atoms with Gasteiger partial charge in [0.05, 0.1) is 25.1 Å². The Kier molecular flexibility index (Phi) is 18.4. The molecule has 0 aromatic heterocycles. The molecule has 1 fully saturated rings. The lowest BCUT2D eigenvalue weighted by Gasteiger charge is -2.31. The predicted molar refractivity (Wildman–Crippen MR) is 190 cm³/mol. The van der Waals surface area contributed by atoms with Crippen molar-refractivity contribution in [2.45, 2.75) is 108 Å². The van der Waals surface area contributed by atoms with E-state index in [1.165, 1.54) is 0 Å². The van der Waals surface area contributed by atoms with E-state index in [-0.39, 0.29) is 37.6 Å². The summed E-state index contributed by atoms with van der Waals surface area (Å²) in [7, 11) is 0. The molecule has 1 heterocycles. The van der Waals surface area contributed by atoms with Gasteiger partial charge in [-0.25, -0.2) is 0 Å². The highest BCUT2D eigenvalue weighted by molar-refractivity contribution is 5.96. The maximum Gasteiger partial charge on any atom is 0.245 e. The van der Waals surface area contributed by atoms with Crippen LogP contribution < -0.4 is 38.1 Å². The molecular formula is C35H54N8O9. The van der Waals surface area contributed by atoms with Crippen molar-refractivity contribution in [3.63, 3.8) is 0 Å². The summed E-state index contributed by atoms with van der Waals surface area (Å²) in [5, 5.41) is 22.6. The Bertz CT molecular complexity index is 1390. The van der Waals surface area contributed by atoms with Crippen LogP contribution in [-0.2, 0) is 44.8 Å². The van der Waals surface area contributed by atoms with E-state index in [1.54, 1.807) is 6.92 Å². The highest BCUT2D eigenvalue weighted by atomic mass is 16.3. The van der Waals surface area contributed by atoms with Gasteiger partial charge in [-0.15, -0.1) is 0 Å². The van der Waals surface area contributed by atoms with Crippen molar-refractivity contribution < 1.29 is 43.5 Å². The lowest BCUT2D eigenvalue weighted by molar-refractivity contribution is -0.135. The summed E-state index contributed by atoms with van der Waals surface area (Å²) in [6.45, 7) is 5.38. The SMILES string of the molecule is CCCC(=O)NC(CO)C(=O)NC(CCC(N)=O)C(=O)NC(CC(N)=O)C(=O)NC(Cc1ccccc1)CN1CCCC1C(=O)NC(C=O)C(C)C. The lowest BCUT2D eigenvalue weighted by Crippen LogP contribution is -2.59. The van der Waals surface area contributed by atoms with Gasteiger partial charge in [-0.2, -0.15) is 0 Å². The van der Waals surface area contributed by atoms with Crippen LogP contribution in [0.25, 0.3) is 0 Å². The molecule has 6 unspecified atom stereocenters. The molecule has 1 aliphatic heterocycles. The zero-order valence-electron chi connectivity index (χ0n) is 30.1. The molecule has 0 radical (unpaired) electrons. The van der Waals surface area contributed by atoms with Crippen molar-refractivity contribution in [2.24, 2.45) is 17.4 Å². The molecule has 288 valence electrons. The molecule has 6 atom stereocenters. The van der Waals surface area contributed by atoms with E-state index in [9.17, 15) is 43.5 Å². The lowest BCUT2D eigenvalue weighted by atomic mass is 10.0. The minimum atomic E-state index is -1.51. The molecule has 10 N–H and O–H groups in total. The molecule has 1 saturated heterocycles. The van der Waals surface area contributed by atoms with E-state index in [1.807, 2.05) is 49.1 Å². The van der Waals surface area contributed by atoms with Gasteiger partial charge in [-0.05, 0) is 50.1 Å². The standard InChI is InChI=1S/C35H54N8O9/c1-4-9-31(48)39-27(20-45)34(51)40-24(13-14-29(36)46)32(49)41-25(17-30(37)47)33(50)38-23(16-22-10-6-5-7-11-22)18-43-15-8-12-28(43)35(52)42-26(19-44)21(2)3/h5-7,10-11,19,21,23-28,45H,4,8-9,12-18,20H2,1-3H3,(H2,36,46)(H2,37,47)(H,38,50)(H,39,48)(H,40,51)(H,41,49)(H,42,52). The fourth-order valence-corrected chi connectivity index (χ4v) is 5.80. The number of benzene rings is 1. The first kappa shape index (κ1) is 43.3. The molecular weight excluding hydrogens is 676 g/mol. The summed E-state index contributed by atoms with van der Waals surface area (Å²) in [4.78, 5) is 103. The van der Waals surface area contributed by atoms with Crippen molar-refractivity contribution >= 4 is 47.6 Å². The smallest absolute Gasteiger partial charge is 0.245 e. The van der Waals surface area contributed by atoms with Crippen LogP contribution in [0.15, 0.2) is 30.3 Å². The zero-order valence-corrected chi connectivity index (χ0v) is 30.1. The van der Waals surface area contributed by atoms with Crippen molar-refractivity contribution in [2.75, 3.05) is 19.7 Å². The van der Waals surface area contributed by atoms with Crippen molar-refractivity contribution in [3.05, 3.63) is 35.9 Å². The highest BCUT2D eigenvalue weighted by Gasteiger charge is 2.35. The van der Waals surface area contributed by atoms with Crippen molar-refractivity contribution in [3.8, 4) is 0 Å². The Morgan fingerprint density at radius 3 is 2.08 bits per heavy atom. The number of likely N-dealkylation sites (tertiary alicyclic amines) is 1. The second kappa shape index (κ2) is 22.1. The molecule has 17 nitrogen and oxygen atoms in total. The number of primary amides is 2. The van der Waals surface area contributed by atoms with Crippen LogP contribution in [0.1, 0.15) is 71.3 Å². The Labute approximate surface area is 303 Å². The van der Waals surface area contributed by atoms with E-state index < -0.39 is 84.7 Å². The molecule has 1 aromatic carbocycles. The third kappa shape index (κ3) is 14.8. The van der Waals surface area contributed by atoms with Gasteiger partial charge < -0.3 is 48.0 Å². The number of nitrogens with two attached hydrogens (primary N) is 2. The van der Waals surface area contributed by atoms with Crippen LogP contribution in [0.4, 0.5) is 0 Å². The van der Waals surface area contributed by atoms with E-state index in [0.29, 0.717) is 38.5 Å². The molecule has 0 aliphatic carbocycles. The Morgan fingerprint density at radius 2 is 1.50 bits per heavy atom. The van der Waals surface area contributed by atoms with Crippen molar-refractivity contribution in [1.82, 2.24) is 31.5 Å². The van der Waals surface area contributed by atoms with Crippen LogP contribution in [0, 0.1) is 5.92 Å². The monoisotopic (exact) mass is 730 g/mol. The first-order valence-electron chi connectivity index (χ1n) is 17.6. The van der Waals surface area contributed by atoms with Gasteiger partial charge in [-0.3, -0.25) is 38.5 Å². The third-order valence-electron chi connectivity index (χ3n) is 8.63. The fourth-order valence-electron chi connectivity index (χ4n) is 5.80. The quantitative estimate of drug-likeness (QED) is 0.0569. The summed E-state index contributed by atoms with van der Waals surface area (Å²) >= 11 is 0. The number of rotatable bonds is 23. The zero-order chi connectivity index (χ0) is 38.8. The van der Waals surface area contributed by atoms with Gasteiger partial charge in [0, 0.05) is 25.4 Å². The second-order valence-corrected chi connectivity index (χ2v) is 13.3. The Morgan fingerprint density at radius 1 is 0.865 bits per heavy atom. The maximum atomic E-state index is 13.8. The largest absolute Gasteiger partial charge is 0.394 e. The van der Waals surface area contributed by atoms with Crippen LogP contribution in [0.5, 0.6) is 0 Å². The van der Waals surface area contributed by atoms with Gasteiger partial charge in [-0.1, -0.05) is 51.1 Å². The van der Waals surface area contributed by atoms with Gasteiger partial charge in [0.15, 0.2) is 0 Å². The Hall–Kier alpha value is -4.90. The summed E-state index contributed by atoms with van der Waals surface area (Å²) in [6, 6.07) is 3.04. The first-order valence-corrected chi connectivity index (χ1v) is 17.6. The molecule has 0 saturated carbocycles. The number of hydrogen-bond acceptors (Lipinski definition) is 10. The first-order chi connectivity index (χ1) is 24.7. The van der Waals surface area contributed by atoms with E-state index in [0.717, 1.165) is 5.56 Å². The van der Waals surface area contributed by atoms with Gasteiger partial charge in [0.2, 0.25) is 41.4 Å². The minimum absolute atomic E-state index is 0.0922. The second-order valence-electron chi connectivity index (χ2n) is 13.3. The van der Waals surface area contributed by atoms with Gasteiger partial charge in [0.1, 0.15) is 24.4 Å². The summed E-state index contributed by atoms with van der Waals surface area (Å²) < 4.78 is 0. The number of amides is 7. The average Bonchev–Trinajstić information content (AvgIpc) is 3.55. The number of aliphatic hydroxyl groups is 1. The summed E-state index contributed by atoms with van der Waals surface area (Å²) in [5.74, 6) is -5.24. The van der Waals surface area contributed by atoms with Gasteiger partial charge in [0.25, 0.3) is 0 Å². The molecule has 0 bridgehead atoms. The number of carbonyl (C=O) groups excluding carboxylic acids is 8. The summed E-state index contributed by atoms with van der Waals surface area (Å²) in [5.41, 5.74) is 11.6. The number of carbonyl (C=O) groups is 8. The number of aliphatic hydroxyl groups excluding tert-OH is 1. The molecule has 7 amide bonds. The maximum absolute atomic E-state index is 13.8. The highest BCUT2D eigenvalue weighted by Crippen LogP contribution is 2.19. The number of nitrogens with one attached hydrogen (secondary N) is 5.